The molecule has 0 fully saturated rings. The molecule has 1 rings (SSSR count). The Kier molecular flexibility index (Phi) is 5.71. The summed E-state index contributed by atoms with van der Waals surface area (Å²) in [6.07, 6.45) is 0.944. The lowest BCUT2D eigenvalue weighted by atomic mass is 10.2. The molecule has 7 heteroatoms. The molecule has 116 valence electrons. The van der Waals surface area contributed by atoms with Gasteiger partial charge in [0.1, 0.15) is 12.1 Å². The van der Waals surface area contributed by atoms with Gasteiger partial charge in [-0.3, -0.25) is 4.79 Å². The Balaban J connectivity index is 3.12. The Hall–Kier alpha value is -1.63. The van der Waals surface area contributed by atoms with Crippen LogP contribution in [0, 0.1) is 6.92 Å². The summed E-state index contributed by atoms with van der Waals surface area (Å²) in [4.78, 5) is 29.1. The number of amides is 1. The van der Waals surface area contributed by atoms with Crippen LogP contribution in [0.2, 0.25) is 0 Å². The fourth-order valence-electron chi connectivity index (χ4n) is 1.46. The van der Waals surface area contributed by atoms with Gasteiger partial charge >= 0.3 is 12.1 Å². The van der Waals surface area contributed by atoms with Gasteiger partial charge in [-0.15, -0.1) is 0 Å². The van der Waals surface area contributed by atoms with E-state index in [1.54, 1.807) is 33.0 Å². The van der Waals surface area contributed by atoms with E-state index in [2.05, 4.69) is 25.7 Å². The highest BCUT2D eigenvalue weighted by atomic mass is 79.9. The van der Waals surface area contributed by atoms with E-state index in [0.717, 1.165) is 10.5 Å². The number of rotatable bonds is 3. The molecule has 0 atom stereocenters. The van der Waals surface area contributed by atoms with Crippen LogP contribution < -0.4 is 4.90 Å². The van der Waals surface area contributed by atoms with Crippen LogP contribution in [-0.4, -0.2) is 36.3 Å². The molecule has 6 nitrogen and oxygen atoms in total. The van der Waals surface area contributed by atoms with Gasteiger partial charge in [0.25, 0.3) is 0 Å². The number of ether oxygens (including phenoxy) is 2. The molecule has 0 saturated heterocycles. The van der Waals surface area contributed by atoms with E-state index in [1.807, 2.05) is 6.92 Å². The number of esters is 1. The average molecular weight is 359 g/mol. The van der Waals surface area contributed by atoms with Crippen LogP contribution in [0.5, 0.6) is 0 Å². The highest BCUT2D eigenvalue weighted by molar-refractivity contribution is 9.10. The smallest absolute Gasteiger partial charge is 0.416 e. The molecule has 1 amide bonds. The van der Waals surface area contributed by atoms with Gasteiger partial charge in [0, 0.05) is 6.20 Å². The SMILES string of the molecule is COC(=O)CN(C(=O)OC(C)(C)C)c1ncc(C)cc1Br. The van der Waals surface area contributed by atoms with E-state index < -0.39 is 17.7 Å². The number of methoxy groups -OCH3 is 1. The summed E-state index contributed by atoms with van der Waals surface area (Å²) in [5.74, 6) is -0.254. The largest absolute Gasteiger partial charge is 0.468 e. The van der Waals surface area contributed by atoms with E-state index in [4.69, 9.17) is 4.74 Å². The Morgan fingerprint density at radius 2 is 2.00 bits per heavy atom. The molecular formula is C14H19BrN2O4. The minimum atomic E-state index is -0.678. The van der Waals surface area contributed by atoms with Crippen LogP contribution in [0.15, 0.2) is 16.7 Å². The minimum absolute atomic E-state index is 0.278. The summed E-state index contributed by atoms with van der Waals surface area (Å²) in [7, 11) is 1.26. The van der Waals surface area contributed by atoms with Crippen LogP contribution in [0.1, 0.15) is 26.3 Å². The minimum Gasteiger partial charge on any atom is -0.468 e. The van der Waals surface area contributed by atoms with Crippen molar-refractivity contribution in [3.63, 3.8) is 0 Å². The maximum absolute atomic E-state index is 12.3. The number of aryl methyl sites for hydroxylation is 1. The lowest BCUT2D eigenvalue weighted by Crippen LogP contribution is -2.41. The normalized spacial score (nSPS) is 11.0. The van der Waals surface area contributed by atoms with Gasteiger partial charge in [0.05, 0.1) is 11.6 Å². The van der Waals surface area contributed by atoms with Crippen molar-refractivity contribution in [1.29, 1.82) is 0 Å². The molecule has 1 aromatic rings. The molecule has 0 spiro atoms. The number of anilines is 1. The van der Waals surface area contributed by atoms with E-state index in [1.165, 1.54) is 7.11 Å². The van der Waals surface area contributed by atoms with Crippen molar-refractivity contribution < 1.29 is 19.1 Å². The first kappa shape index (κ1) is 17.4. The van der Waals surface area contributed by atoms with Crippen molar-refractivity contribution in [1.82, 2.24) is 4.98 Å². The van der Waals surface area contributed by atoms with Gasteiger partial charge in [-0.25, -0.2) is 14.7 Å². The van der Waals surface area contributed by atoms with Crippen molar-refractivity contribution in [2.75, 3.05) is 18.6 Å². The van der Waals surface area contributed by atoms with Crippen molar-refractivity contribution >= 4 is 33.8 Å². The molecule has 0 radical (unpaired) electrons. The summed E-state index contributed by atoms with van der Waals surface area (Å²) < 4.78 is 10.5. The van der Waals surface area contributed by atoms with Gasteiger partial charge in [0.2, 0.25) is 0 Å². The van der Waals surface area contributed by atoms with Gasteiger partial charge in [-0.2, -0.15) is 0 Å². The van der Waals surface area contributed by atoms with Crippen LogP contribution in [-0.2, 0) is 14.3 Å². The number of halogens is 1. The second-order valence-corrected chi connectivity index (χ2v) is 6.32. The van der Waals surface area contributed by atoms with E-state index in [0.29, 0.717) is 10.3 Å². The third-order valence-electron chi connectivity index (χ3n) is 2.34. The molecular weight excluding hydrogens is 340 g/mol. The first-order valence-corrected chi connectivity index (χ1v) is 7.13. The van der Waals surface area contributed by atoms with Crippen LogP contribution in [0.25, 0.3) is 0 Å². The Morgan fingerprint density at radius 3 is 2.48 bits per heavy atom. The number of hydrogen-bond donors (Lipinski definition) is 0. The van der Waals surface area contributed by atoms with Crippen LogP contribution in [0.3, 0.4) is 0 Å². The molecule has 21 heavy (non-hydrogen) atoms. The Bertz CT molecular complexity index is 540. The first-order chi connectivity index (χ1) is 9.64. The molecule has 0 saturated carbocycles. The highest BCUT2D eigenvalue weighted by Crippen LogP contribution is 2.26. The maximum Gasteiger partial charge on any atom is 0.416 e. The highest BCUT2D eigenvalue weighted by Gasteiger charge is 2.27. The first-order valence-electron chi connectivity index (χ1n) is 6.33. The fraction of sp³-hybridized carbons (Fsp3) is 0.500. The average Bonchev–Trinajstić information content (AvgIpc) is 2.34. The number of pyridine rings is 1. The summed E-state index contributed by atoms with van der Waals surface area (Å²) in [5, 5.41) is 0. The van der Waals surface area contributed by atoms with Gasteiger partial charge < -0.3 is 9.47 Å². The van der Waals surface area contributed by atoms with Crippen LogP contribution in [0.4, 0.5) is 10.6 Å². The summed E-state index contributed by atoms with van der Waals surface area (Å²) in [6.45, 7) is 6.84. The number of carbonyl (C=O) groups is 2. The van der Waals surface area contributed by atoms with Crippen molar-refractivity contribution in [2.24, 2.45) is 0 Å². The summed E-state index contributed by atoms with van der Waals surface area (Å²) >= 11 is 3.34. The molecule has 0 aromatic carbocycles. The number of nitrogens with zero attached hydrogens (tertiary/aromatic N) is 2. The predicted molar refractivity (Wildman–Crippen MR) is 82.3 cm³/mol. The zero-order chi connectivity index (χ0) is 16.2. The topological polar surface area (TPSA) is 68.7 Å². The number of carbonyl (C=O) groups excluding carboxylic acids is 2. The Labute approximate surface area is 132 Å². The third-order valence-corrected chi connectivity index (χ3v) is 2.93. The lowest BCUT2D eigenvalue weighted by molar-refractivity contribution is -0.139. The lowest BCUT2D eigenvalue weighted by Gasteiger charge is -2.26. The van der Waals surface area contributed by atoms with Gasteiger partial charge in [0.15, 0.2) is 5.82 Å². The number of aromatic nitrogens is 1. The molecule has 0 aliphatic heterocycles. The quantitative estimate of drug-likeness (QED) is 0.776. The summed E-state index contributed by atoms with van der Waals surface area (Å²) in [6, 6.07) is 1.80. The van der Waals surface area contributed by atoms with E-state index in [9.17, 15) is 9.59 Å². The third kappa shape index (κ3) is 5.34. The molecule has 1 heterocycles. The van der Waals surface area contributed by atoms with Gasteiger partial charge in [-0.1, -0.05) is 0 Å². The monoisotopic (exact) mass is 358 g/mol. The van der Waals surface area contributed by atoms with Crippen LogP contribution >= 0.6 is 15.9 Å². The molecule has 0 bridgehead atoms. The second-order valence-electron chi connectivity index (χ2n) is 5.46. The number of hydrogen-bond acceptors (Lipinski definition) is 5. The Morgan fingerprint density at radius 1 is 1.38 bits per heavy atom. The van der Waals surface area contributed by atoms with Crippen molar-refractivity contribution in [3.05, 3.63) is 22.3 Å². The van der Waals surface area contributed by atoms with Crippen molar-refractivity contribution in [2.45, 2.75) is 33.3 Å². The fourth-order valence-corrected chi connectivity index (χ4v) is 2.14. The van der Waals surface area contributed by atoms with Gasteiger partial charge in [-0.05, 0) is 55.3 Å². The second kappa shape index (κ2) is 6.89. The molecule has 0 aliphatic rings. The molecule has 0 unspecified atom stereocenters. The molecule has 0 N–H and O–H groups in total. The maximum atomic E-state index is 12.3. The molecule has 0 aliphatic carbocycles. The van der Waals surface area contributed by atoms with E-state index in [-0.39, 0.29) is 6.54 Å². The van der Waals surface area contributed by atoms with E-state index >= 15 is 0 Å². The zero-order valence-electron chi connectivity index (χ0n) is 12.8. The van der Waals surface area contributed by atoms with Crippen molar-refractivity contribution in [3.8, 4) is 0 Å². The summed E-state index contributed by atoms with van der Waals surface area (Å²) in [5.41, 5.74) is 0.246. The zero-order valence-corrected chi connectivity index (χ0v) is 14.4. The molecule has 1 aromatic heterocycles. The predicted octanol–water partition coefficient (Wildman–Crippen LogP) is 3.07. The standard InChI is InChI=1S/C14H19BrN2O4/c1-9-6-10(15)12(16-7-9)17(8-11(18)20-5)13(19)21-14(2,3)4/h6-7H,8H2,1-5H3.